The Kier molecular flexibility index (Phi) is 6.42. The van der Waals surface area contributed by atoms with Gasteiger partial charge in [-0.1, -0.05) is 6.92 Å². The maximum atomic E-state index is 13.5. The van der Waals surface area contributed by atoms with Crippen LogP contribution < -0.4 is 10.0 Å². The van der Waals surface area contributed by atoms with Crippen LogP contribution in [0.5, 0.6) is 0 Å². The third kappa shape index (κ3) is 4.71. The van der Waals surface area contributed by atoms with Crippen LogP contribution in [0.2, 0.25) is 0 Å². The van der Waals surface area contributed by atoms with E-state index in [1.165, 1.54) is 6.07 Å². The molecule has 7 heteroatoms. The minimum absolute atomic E-state index is 0.271. The summed E-state index contributed by atoms with van der Waals surface area (Å²) in [4.78, 5) is 0. The number of sulfonamides is 1. The largest absolute Gasteiger partial charge is 0.315 e. The van der Waals surface area contributed by atoms with Crippen LogP contribution in [-0.2, 0) is 10.0 Å². The molecule has 1 rings (SSSR count). The van der Waals surface area contributed by atoms with E-state index in [2.05, 4.69) is 26.0 Å². The number of hydrogen-bond donors (Lipinski definition) is 2. The Morgan fingerprint density at radius 2 is 2.05 bits per heavy atom. The summed E-state index contributed by atoms with van der Waals surface area (Å²) in [5, 5.41) is 2.46. The number of halogens is 2. The molecule has 20 heavy (non-hydrogen) atoms. The highest BCUT2D eigenvalue weighted by atomic mass is 79.9. The van der Waals surface area contributed by atoms with E-state index in [-0.39, 0.29) is 5.69 Å². The van der Waals surface area contributed by atoms with Crippen LogP contribution >= 0.6 is 15.9 Å². The summed E-state index contributed by atoms with van der Waals surface area (Å²) in [5.41, 5.74) is 0.934. The van der Waals surface area contributed by atoms with E-state index < -0.39 is 21.1 Å². The van der Waals surface area contributed by atoms with Gasteiger partial charge in [-0.15, -0.1) is 0 Å². The third-order valence-corrected chi connectivity index (χ3v) is 5.25. The molecule has 0 bridgehead atoms. The molecule has 0 fully saturated rings. The highest BCUT2D eigenvalue weighted by Crippen LogP contribution is 2.25. The van der Waals surface area contributed by atoms with Crippen molar-refractivity contribution in [3.8, 4) is 0 Å². The number of benzene rings is 1. The van der Waals surface area contributed by atoms with E-state index in [0.717, 1.165) is 13.0 Å². The SMILES string of the molecule is CCCNCC(C)S(=O)(=O)Nc1cc(F)c(Br)cc1C. The van der Waals surface area contributed by atoms with E-state index in [9.17, 15) is 12.8 Å². The zero-order chi connectivity index (χ0) is 15.3. The molecule has 1 aromatic carbocycles. The minimum Gasteiger partial charge on any atom is -0.315 e. The first-order valence-corrected chi connectivity index (χ1v) is 8.79. The molecule has 0 saturated heterocycles. The zero-order valence-corrected chi connectivity index (χ0v) is 14.2. The summed E-state index contributed by atoms with van der Waals surface area (Å²) < 4.78 is 40.6. The molecule has 0 amide bonds. The summed E-state index contributed by atoms with van der Waals surface area (Å²) >= 11 is 3.07. The number of rotatable bonds is 7. The summed E-state index contributed by atoms with van der Waals surface area (Å²) in [5.74, 6) is -0.495. The van der Waals surface area contributed by atoms with Crippen LogP contribution in [0.25, 0.3) is 0 Å². The lowest BCUT2D eigenvalue weighted by atomic mass is 10.2. The lowest BCUT2D eigenvalue weighted by Gasteiger charge is -2.17. The van der Waals surface area contributed by atoms with Crippen LogP contribution in [0.15, 0.2) is 16.6 Å². The van der Waals surface area contributed by atoms with Crippen molar-refractivity contribution in [2.24, 2.45) is 0 Å². The molecule has 2 N–H and O–H groups in total. The molecule has 0 aliphatic heterocycles. The summed E-state index contributed by atoms with van der Waals surface area (Å²) in [6.07, 6.45) is 0.942. The van der Waals surface area contributed by atoms with Crippen LogP contribution in [0.3, 0.4) is 0 Å². The first-order chi connectivity index (χ1) is 9.27. The molecule has 0 aliphatic rings. The molecule has 0 aromatic heterocycles. The summed E-state index contributed by atoms with van der Waals surface area (Å²) in [6, 6.07) is 2.73. The van der Waals surface area contributed by atoms with Gasteiger partial charge in [-0.2, -0.15) is 0 Å². The van der Waals surface area contributed by atoms with E-state index >= 15 is 0 Å². The molecular weight excluding hydrogens is 347 g/mol. The Balaban J connectivity index is 2.83. The van der Waals surface area contributed by atoms with Crippen molar-refractivity contribution in [1.29, 1.82) is 0 Å². The van der Waals surface area contributed by atoms with Gasteiger partial charge in [-0.3, -0.25) is 4.72 Å². The van der Waals surface area contributed by atoms with Crippen molar-refractivity contribution >= 4 is 31.6 Å². The van der Waals surface area contributed by atoms with E-state index in [0.29, 0.717) is 16.6 Å². The number of anilines is 1. The highest BCUT2D eigenvalue weighted by Gasteiger charge is 2.21. The van der Waals surface area contributed by atoms with Gasteiger partial charge in [0.05, 0.1) is 15.4 Å². The van der Waals surface area contributed by atoms with Gasteiger partial charge in [-0.25, -0.2) is 12.8 Å². The maximum Gasteiger partial charge on any atom is 0.236 e. The zero-order valence-electron chi connectivity index (χ0n) is 11.8. The third-order valence-electron chi connectivity index (χ3n) is 2.91. The molecule has 0 heterocycles. The molecule has 1 atom stereocenters. The standard InChI is InChI=1S/C13H20BrFN2O2S/c1-4-5-16-8-10(3)20(18,19)17-13-7-12(15)11(14)6-9(13)2/h6-7,10,16-17H,4-5,8H2,1-3H3. The van der Waals surface area contributed by atoms with Gasteiger partial charge in [-0.05, 0) is 60.4 Å². The van der Waals surface area contributed by atoms with Crippen molar-refractivity contribution < 1.29 is 12.8 Å². The topological polar surface area (TPSA) is 58.2 Å². The predicted molar refractivity (Wildman–Crippen MR) is 84.0 cm³/mol. The van der Waals surface area contributed by atoms with Crippen LogP contribution in [0.1, 0.15) is 25.8 Å². The van der Waals surface area contributed by atoms with E-state index in [1.807, 2.05) is 6.92 Å². The Labute approximate surface area is 128 Å². The van der Waals surface area contributed by atoms with Gasteiger partial charge in [0.1, 0.15) is 5.82 Å². The van der Waals surface area contributed by atoms with E-state index in [4.69, 9.17) is 0 Å². The Hall–Kier alpha value is -0.660. The van der Waals surface area contributed by atoms with Gasteiger partial charge in [0.2, 0.25) is 10.0 Å². The van der Waals surface area contributed by atoms with Crippen molar-refractivity contribution in [3.05, 3.63) is 28.0 Å². The van der Waals surface area contributed by atoms with Crippen molar-refractivity contribution in [2.75, 3.05) is 17.8 Å². The van der Waals surface area contributed by atoms with E-state index in [1.54, 1.807) is 19.9 Å². The second-order valence-electron chi connectivity index (χ2n) is 4.74. The maximum absolute atomic E-state index is 13.5. The Bertz CT molecular complexity index is 564. The van der Waals surface area contributed by atoms with Crippen molar-refractivity contribution in [1.82, 2.24) is 5.32 Å². The smallest absolute Gasteiger partial charge is 0.236 e. The monoisotopic (exact) mass is 366 g/mol. The van der Waals surface area contributed by atoms with Gasteiger partial charge in [0.25, 0.3) is 0 Å². The van der Waals surface area contributed by atoms with Crippen molar-refractivity contribution in [2.45, 2.75) is 32.4 Å². The number of nitrogens with one attached hydrogen (secondary N) is 2. The molecule has 0 radical (unpaired) electrons. The highest BCUT2D eigenvalue weighted by molar-refractivity contribution is 9.10. The lowest BCUT2D eigenvalue weighted by Crippen LogP contribution is -2.35. The van der Waals surface area contributed by atoms with Crippen LogP contribution in [0.4, 0.5) is 10.1 Å². The summed E-state index contributed by atoms with van der Waals surface area (Å²) in [6.45, 7) is 6.49. The molecule has 0 aliphatic carbocycles. The molecule has 1 aromatic rings. The molecule has 114 valence electrons. The average Bonchev–Trinajstić information content (AvgIpc) is 2.35. The van der Waals surface area contributed by atoms with Crippen molar-refractivity contribution in [3.63, 3.8) is 0 Å². The molecular formula is C13H20BrFN2O2S. The molecule has 1 unspecified atom stereocenters. The van der Waals surface area contributed by atoms with Gasteiger partial charge in [0.15, 0.2) is 0 Å². The van der Waals surface area contributed by atoms with Crippen LogP contribution in [0, 0.1) is 12.7 Å². The quantitative estimate of drug-likeness (QED) is 0.729. The van der Waals surface area contributed by atoms with Gasteiger partial charge < -0.3 is 5.32 Å². The Morgan fingerprint density at radius 3 is 2.65 bits per heavy atom. The molecule has 0 spiro atoms. The summed E-state index contributed by atoms with van der Waals surface area (Å²) in [7, 11) is -3.54. The normalized spacial score (nSPS) is 13.2. The Morgan fingerprint density at radius 1 is 1.40 bits per heavy atom. The molecule has 0 saturated carbocycles. The fraction of sp³-hybridized carbons (Fsp3) is 0.538. The van der Waals surface area contributed by atoms with Gasteiger partial charge in [0, 0.05) is 6.54 Å². The first-order valence-electron chi connectivity index (χ1n) is 6.46. The predicted octanol–water partition coefficient (Wildman–Crippen LogP) is 3.03. The fourth-order valence-corrected chi connectivity index (χ4v) is 3.12. The van der Waals surface area contributed by atoms with Gasteiger partial charge >= 0.3 is 0 Å². The minimum atomic E-state index is -3.54. The second kappa shape index (κ2) is 7.38. The second-order valence-corrected chi connectivity index (χ2v) is 7.70. The number of aryl methyl sites for hydroxylation is 1. The lowest BCUT2D eigenvalue weighted by molar-refractivity contribution is 0.575. The first kappa shape index (κ1) is 17.4. The fourth-order valence-electron chi connectivity index (χ4n) is 1.60. The van der Waals surface area contributed by atoms with Crippen LogP contribution in [-0.4, -0.2) is 26.8 Å². The number of hydrogen-bond acceptors (Lipinski definition) is 3. The average molecular weight is 367 g/mol. The molecule has 4 nitrogen and oxygen atoms in total.